The Bertz CT molecular complexity index is 693. The van der Waals surface area contributed by atoms with Crippen LogP contribution in [0.1, 0.15) is 24.6 Å². The first kappa shape index (κ1) is 17.4. The molecule has 0 aromatic carbocycles. The molecule has 0 unspecified atom stereocenters. The number of aryl methyl sites for hydroxylation is 1. The molecule has 2 saturated heterocycles. The minimum Gasteiger partial charge on any atom is -0.375 e. The van der Waals surface area contributed by atoms with Gasteiger partial charge in [0, 0.05) is 50.7 Å². The maximum atomic E-state index is 6.21. The van der Waals surface area contributed by atoms with Crippen LogP contribution in [0.5, 0.6) is 0 Å². The lowest BCUT2D eigenvalue weighted by Gasteiger charge is -2.37. The van der Waals surface area contributed by atoms with E-state index in [4.69, 9.17) is 4.74 Å². The quantitative estimate of drug-likeness (QED) is 0.840. The van der Waals surface area contributed by atoms with Gasteiger partial charge in [-0.2, -0.15) is 0 Å². The number of pyridine rings is 1. The fourth-order valence-corrected chi connectivity index (χ4v) is 3.86. The zero-order valence-corrected chi connectivity index (χ0v) is 15.4. The van der Waals surface area contributed by atoms with Gasteiger partial charge in [0.1, 0.15) is 0 Å². The van der Waals surface area contributed by atoms with Crippen molar-refractivity contribution in [1.29, 1.82) is 0 Å². The molecule has 0 N–H and O–H groups in total. The standard InChI is InChI=1S/C20H27N5O/c1-2-16-11-22-20(23-12-16)25-9-10-26-19-15-24(8-6-17(19)13-25)14-18-5-3-4-7-21-18/h3-5,7,11-12,17,19H,2,6,8-10,13-15H2,1H3/t17-,19+/m0/s1. The molecule has 2 aliphatic rings. The van der Waals surface area contributed by atoms with Gasteiger partial charge < -0.3 is 9.64 Å². The summed E-state index contributed by atoms with van der Waals surface area (Å²) in [5, 5.41) is 0. The van der Waals surface area contributed by atoms with Crippen molar-refractivity contribution in [1.82, 2.24) is 19.9 Å². The van der Waals surface area contributed by atoms with Crippen molar-refractivity contribution in [2.75, 3.05) is 37.7 Å². The molecule has 26 heavy (non-hydrogen) atoms. The average molecular weight is 353 g/mol. The fraction of sp³-hybridized carbons (Fsp3) is 0.550. The second-order valence-electron chi connectivity index (χ2n) is 7.21. The molecule has 0 radical (unpaired) electrons. The largest absolute Gasteiger partial charge is 0.375 e. The van der Waals surface area contributed by atoms with Crippen molar-refractivity contribution in [2.45, 2.75) is 32.4 Å². The Morgan fingerprint density at radius 3 is 2.77 bits per heavy atom. The number of rotatable bonds is 4. The molecule has 2 aliphatic heterocycles. The van der Waals surface area contributed by atoms with Gasteiger partial charge in [0.05, 0.1) is 18.4 Å². The van der Waals surface area contributed by atoms with Gasteiger partial charge in [0.15, 0.2) is 0 Å². The molecule has 4 rings (SSSR count). The summed E-state index contributed by atoms with van der Waals surface area (Å²) in [5.74, 6) is 1.37. The molecule has 6 nitrogen and oxygen atoms in total. The van der Waals surface area contributed by atoms with Crippen LogP contribution in [0.2, 0.25) is 0 Å². The second kappa shape index (κ2) is 8.10. The van der Waals surface area contributed by atoms with Crippen LogP contribution in [-0.4, -0.2) is 58.7 Å². The topological polar surface area (TPSA) is 54.4 Å². The molecule has 0 saturated carbocycles. The highest BCUT2D eigenvalue weighted by atomic mass is 16.5. The molecule has 0 spiro atoms. The van der Waals surface area contributed by atoms with E-state index in [2.05, 4.69) is 43.8 Å². The SMILES string of the molecule is CCc1cnc(N2CCO[C@@H]3CN(Cc4ccccn4)CC[C@H]3C2)nc1. The van der Waals surface area contributed by atoms with Crippen LogP contribution < -0.4 is 4.90 Å². The van der Waals surface area contributed by atoms with Crippen LogP contribution >= 0.6 is 0 Å². The number of fused-ring (bicyclic) bond motifs is 1. The molecule has 138 valence electrons. The van der Waals surface area contributed by atoms with Crippen LogP contribution in [-0.2, 0) is 17.7 Å². The number of nitrogens with zero attached hydrogens (tertiary/aromatic N) is 5. The lowest BCUT2D eigenvalue weighted by atomic mass is 9.93. The van der Waals surface area contributed by atoms with Gasteiger partial charge in [-0.1, -0.05) is 13.0 Å². The Hall–Kier alpha value is -2.05. The van der Waals surface area contributed by atoms with Crippen molar-refractivity contribution < 1.29 is 4.74 Å². The molecular formula is C20H27N5O. The Morgan fingerprint density at radius 1 is 1.12 bits per heavy atom. The smallest absolute Gasteiger partial charge is 0.225 e. The Morgan fingerprint density at radius 2 is 2.00 bits per heavy atom. The Kier molecular flexibility index (Phi) is 5.41. The number of anilines is 1. The first-order valence-electron chi connectivity index (χ1n) is 9.61. The molecule has 6 heteroatoms. The third-order valence-corrected chi connectivity index (χ3v) is 5.42. The third kappa shape index (κ3) is 4.02. The van der Waals surface area contributed by atoms with E-state index >= 15 is 0 Å². The van der Waals surface area contributed by atoms with Crippen molar-refractivity contribution in [3.8, 4) is 0 Å². The Balaban J connectivity index is 1.38. The highest BCUT2D eigenvalue weighted by molar-refractivity contribution is 5.30. The van der Waals surface area contributed by atoms with Gasteiger partial charge in [0.2, 0.25) is 5.95 Å². The molecule has 2 atom stereocenters. The summed E-state index contributed by atoms with van der Waals surface area (Å²) in [6, 6.07) is 6.12. The predicted molar refractivity (Wildman–Crippen MR) is 101 cm³/mol. The number of ether oxygens (including phenoxy) is 1. The van der Waals surface area contributed by atoms with E-state index in [9.17, 15) is 0 Å². The van der Waals surface area contributed by atoms with Crippen LogP contribution in [0.15, 0.2) is 36.8 Å². The van der Waals surface area contributed by atoms with Gasteiger partial charge in [-0.15, -0.1) is 0 Å². The van der Waals surface area contributed by atoms with Crippen molar-refractivity contribution >= 4 is 5.95 Å². The molecule has 0 amide bonds. The summed E-state index contributed by atoms with van der Waals surface area (Å²) in [4.78, 5) is 18.3. The van der Waals surface area contributed by atoms with Gasteiger partial charge in [-0.05, 0) is 37.1 Å². The number of hydrogen-bond donors (Lipinski definition) is 0. The van der Waals surface area contributed by atoms with Gasteiger partial charge in [-0.25, -0.2) is 9.97 Å². The van der Waals surface area contributed by atoms with Gasteiger partial charge in [0.25, 0.3) is 0 Å². The minimum absolute atomic E-state index is 0.285. The molecule has 0 aliphatic carbocycles. The summed E-state index contributed by atoms with van der Waals surface area (Å²) in [6.45, 7) is 7.67. The molecule has 0 bridgehead atoms. The molecule has 4 heterocycles. The van der Waals surface area contributed by atoms with E-state index in [1.807, 2.05) is 24.7 Å². The molecule has 2 aromatic heterocycles. The second-order valence-corrected chi connectivity index (χ2v) is 7.21. The lowest BCUT2D eigenvalue weighted by Crippen LogP contribution is -2.46. The number of likely N-dealkylation sites (tertiary alicyclic amines) is 1. The van der Waals surface area contributed by atoms with E-state index in [-0.39, 0.29) is 6.10 Å². The number of hydrogen-bond acceptors (Lipinski definition) is 6. The van der Waals surface area contributed by atoms with Crippen molar-refractivity contribution in [3.63, 3.8) is 0 Å². The van der Waals surface area contributed by atoms with Gasteiger partial charge in [-0.3, -0.25) is 9.88 Å². The predicted octanol–water partition coefficient (Wildman–Crippen LogP) is 2.16. The van der Waals surface area contributed by atoms with Crippen LogP contribution in [0.3, 0.4) is 0 Å². The average Bonchev–Trinajstić information content (AvgIpc) is 2.91. The zero-order valence-electron chi connectivity index (χ0n) is 15.4. The molecular weight excluding hydrogens is 326 g/mol. The summed E-state index contributed by atoms with van der Waals surface area (Å²) < 4.78 is 6.21. The normalized spacial score (nSPS) is 24.1. The monoisotopic (exact) mass is 353 g/mol. The van der Waals surface area contributed by atoms with Gasteiger partial charge >= 0.3 is 0 Å². The van der Waals surface area contributed by atoms with Crippen LogP contribution in [0, 0.1) is 5.92 Å². The van der Waals surface area contributed by atoms with Crippen LogP contribution in [0.25, 0.3) is 0 Å². The number of piperidine rings is 1. The zero-order chi connectivity index (χ0) is 17.8. The van der Waals surface area contributed by atoms with Crippen molar-refractivity contribution in [3.05, 3.63) is 48.0 Å². The summed E-state index contributed by atoms with van der Waals surface area (Å²) in [5.41, 5.74) is 2.31. The van der Waals surface area contributed by atoms with E-state index in [0.29, 0.717) is 5.92 Å². The van der Waals surface area contributed by atoms with Crippen LogP contribution in [0.4, 0.5) is 5.95 Å². The molecule has 2 aromatic rings. The molecule has 2 fully saturated rings. The first-order valence-corrected chi connectivity index (χ1v) is 9.61. The van der Waals surface area contributed by atoms with E-state index in [0.717, 1.165) is 63.8 Å². The maximum Gasteiger partial charge on any atom is 0.225 e. The fourth-order valence-electron chi connectivity index (χ4n) is 3.86. The summed E-state index contributed by atoms with van der Waals surface area (Å²) in [7, 11) is 0. The minimum atomic E-state index is 0.285. The highest BCUT2D eigenvalue weighted by Gasteiger charge is 2.34. The van der Waals surface area contributed by atoms with E-state index < -0.39 is 0 Å². The lowest BCUT2D eigenvalue weighted by molar-refractivity contribution is -0.0242. The summed E-state index contributed by atoms with van der Waals surface area (Å²) >= 11 is 0. The highest BCUT2D eigenvalue weighted by Crippen LogP contribution is 2.26. The first-order chi connectivity index (χ1) is 12.8. The van der Waals surface area contributed by atoms with Crippen molar-refractivity contribution in [2.24, 2.45) is 5.92 Å². The third-order valence-electron chi connectivity index (χ3n) is 5.42. The summed E-state index contributed by atoms with van der Waals surface area (Å²) in [6.07, 6.45) is 8.15. The Labute approximate surface area is 155 Å². The number of aromatic nitrogens is 3. The van der Waals surface area contributed by atoms with E-state index in [1.54, 1.807) is 0 Å². The maximum absolute atomic E-state index is 6.21. The van der Waals surface area contributed by atoms with E-state index in [1.165, 1.54) is 5.56 Å².